The first-order valence-electron chi connectivity index (χ1n) is 8.12. The zero-order chi connectivity index (χ0) is 16.4. The van der Waals surface area contributed by atoms with Crippen molar-refractivity contribution in [2.24, 2.45) is 0 Å². The van der Waals surface area contributed by atoms with E-state index in [4.69, 9.17) is 4.74 Å². The fourth-order valence-electron chi connectivity index (χ4n) is 3.07. The minimum Gasteiger partial charge on any atom is -0.388 e. The maximum Gasteiger partial charge on any atom is 0.194 e. The Hall–Kier alpha value is -0.990. The number of hydrogen-bond donors (Lipinski definition) is 2. The molecule has 2 aromatic rings. The van der Waals surface area contributed by atoms with Gasteiger partial charge in [0.15, 0.2) is 4.96 Å². The molecular formula is C16H26N4O2S. The lowest BCUT2D eigenvalue weighted by molar-refractivity contribution is -0.0219. The van der Waals surface area contributed by atoms with Gasteiger partial charge in [0.2, 0.25) is 0 Å². The van der Waals surface area contributed by atoms with Gasteiger partial charge in [-0.2, -0.15) is 0 Å². The van der Waals surface area contributed by atoms with Crippen molar-refractivity contribution >= 4 is 16.3 Å². The summed E-state index contributed by atoms with van der Waals surface area (Å²) in [6.45, 7) is 11.3. The van der Waals surface area contributed by atoms with Crippen LogP contribution in [0.15, 0.2) is 6.20 Å². The summed E-state index contributed by atoms with van der Waals surface area (Å²) in [7, 11) is 0. The molecule has 1 saturated heterocycles. The fourth-order valence-corrected chi connectivity index (χ4v) is 3.96. The molecule has 1 aliphatic rings. The molecule has 0 saturated carbocycles. The van der Waals surface area contributed by atoms with Crippen molar-refractivity contribution in [3.8, 4) is 0 Å². The van der Waals surface area contributed by atoms with E-state index in [1.165, 1.54) is 10.6 Å². The van der Waals surface area contributed by atoms with E-state index in [-0.39, 0.29) is 0 Å². The van der Waals surface area contributed by atoms with Crippen molar-refractivity contribution in [3.05, 3.63) is 22.5 Å². The van der Waals surface area contributed by atoms with E-state index in [0.29, 0.717) is 19.6 Å². The molecule has 3 rings (SSSR count). The van der Waals surface area contributed by atoms with Crippen LogP contribution in [0.5, 0.6) is 0 Å². The van der Waals surface area contributed by atoms with Gasteiger partial charge in [-0.3, -0.25) is 9.30 Å². The zero-order valence-electron chi connectivity index (χ0n) is 14.1. The predicted octanol–water partition coefficient (Wildman–Crippen LogP) is 1.19. The molecule has 0 aliphatic carbocycles. The van der Waals surface area contributed by atoms with E-state index in [0.717, 1.165) is 37.0 Å². The maximum absolute atomic E-state index is 10.6. The van der Waals surface area contributed by atoms with Crippen molar-refractivity contribution in [1.29, 1.82) is 0 Å². The Balaban J connectivity index is 1.55. The van der Waals surface area contributed by atoms with Gasteiger partial charge in [0.1, 0.15) is 0 Å². The molecule has 0 aromatic carbocycles. The molecule has 2 aromatic heterocycles. The van der Waals surface area contributed by atoms with Gasteiger partial charge in [0.05, 0.1) is 30.2 Å². The fraction of sp³-hybridized carbons (Fsp3) is 0.688. The molecule has 23 heavy (non-hydrogen) atoms. The Morgan fingerprint density at radius 3 is 2.87 bits per heavy atom. The molecule has 2 N–H and O–H groups in total. The lowest BCUT2D eigenvalue weighted by atomic mass is 10.1. The van der Waals surface area contributed by atoms with E-state index < -0.39 is 5.60 Å². The second-order valence-electron chi connectivity index (χ2n) is 6.63. The highest BCUT2D eigenvalue weighted by Crippen LogP contribution is 2.20. The lowest BCUT2D eigenvalue weighted by Gasteiger charge is -2.34. The van der Waals surface area contributed by atoms with E-state index in [1.807, 2.05) is 13.8 Å². The normalized spacial score (nSPS) is 19.3. The standard InChI is InChI=1S/C16H26N4O2S/c1-12-9-20-14(13(2)18-15(20)23-12)8-17-10-16(3,21)11-19-4-6-22-7-5-19/h9,17,21H,4-8,10-11H2,1-3H3. The third-order valence-corrected chi connectivity index (χ3v) is 5.11. The topological polar surface area (TPSA) is 62.0 Å². The summed E-state index contributed by atoms with van der Waals surface area (Å²) in [6, 6.07) is 0. The summed E-state index contributed by atoms with van der Waals surface area (Å²) in [5.74, 6) is 0. The molecule has 1 aliphatic heterocycles. The third-order valence-electron chi connectivity index (χ3n) is 4.21. The third kappa shape index (κ3) is 4.10. The zero-order valence-corrected chi connectivity index (χ0v) is 14.9. The second-order valence-corrected chi connectivity index (χ2v) is 7.84. The Bertz CT molecular complexity index is 658. The number of ether oxygens (including phenoxy) is 1. The average molecular weight is 338 g/mol. The van der Waals surface area contributed by atoms with Crippen molar-refractivity contribution in [3.63, 3.8) is 0 Å². The molecule has 7 heteroatoms. The Morgan fingerprint density at radius 1 is 1.39 bits per heavy atom. The van der Waals surface area contributed by atoms with Crippen molar-refractivity contribution in [2.75, 3.05) is 39.4 Å². The van der Waals surface area contributed by atoms with Crippen LogP contribution in [0.4, 0.5) is 0 Å². The number of hydrogen-bond acceptors (Lipinski definition) is 6. The first-order valence-corrected chi connectivity index (χ1v) is 8.93. The van der Waals surface area contributed by atoms with Crippen molar-refractivity contribution in [2.45, 2.75) is 32.9 Å². The van der Waals surface area contributed by atoms with Gasteiger partial charge in [0, 0.05) is 43.8 Å². The predicted molar refractivity (Wildman–Crippen MR) is 92.1 cm³/mol. The Labute approximate surface area is 141 Å². The number of thiazole rings is 1. The molecular weight excluding hydrogens is 312 g/mol. The number of rotatable bonds is 6. The van der Waals surface area contributed by atoms with Gasteiger partial charge >= 0.3 is 0 Å². The van der Waals surface area contributed by atoms with Crippen LogP contribution in [-0.2, 0) is 11.3 Å². The Morgan fingerprint density at radius 2 is 2.13 bits per heavy atom. The minimum atomic E-state index is -0.750. The van der Waals surface area contributed by atoms with Crippen LogP contribution in [0.3, 0.4) is 0 Å². The number of imidazole rings is 1. The number of aromatic nitrogens is 2. The van der Waals surface area contributed by atoms with Crippen LogP contribution in [-0.4, -0.2) is 64.4 Å². The van der Waals surface area contributed by atoms with E-state index in [2.05, 4.69) is 32.7 Å². The summed E-state index contributed by atoms with van der Waals surface area (Å²) < 4.78 is 7.50. The molecule has 3 heterocycles. The highest BCUT2D eigenvalue weighted by molar-refractivity contribution is 7.17. The second kappa shape index (κ2) is 6.86. The molecule has 128 valence electrons. The van der Waals surface area contributed by atoms with Crippen molar-refractivity contribution in [1.82, 2.24) is 19.6 Å². The summed E-state index contributed by atoms with van der Waals surface area (Å²) in [5, 5.41) is 14.0. The van der Waals surface area contributed by atoms with Crippen LogP contribution < -0.4 is 5.32 Å². The van der Waals surface area contributed by atoms with Crippen LogP contribution in [0, 0.1) is 13.8 Å². The lowest BCUT2D eigenvalue weighted by Crippen LogP contribution is -2.50. The maximum atomic E-state index is 10.6. The number of nitrogens with zero attached hydrogens (tertiary/aromatic N) is 3. The molecule has 1 unspecified atom stereocenters. The summed E-state index contributed by atoms with van der Waals surface area (Å²) in [6.07, 6.45) is 2.13. The first kappa shape index (κ1) is 16.9. The SMILES string of the molecule is Cc1cn2c(CNCC(C)(O)CN3CCOCC3)c(C)nc2s1. The molecule has 6 nitrogen and oxygen atoms in total. The molecule has 1 atom stereocenters. The Kier molecular flexibility index (Phi) is 5.03. The van der Waals surface area contributed by atoms with Crippen LogP contribution in [0.25, 0.3) is 4.96 Å². The monoisotopic (exact) mass is 338 g/mol. The highest BCUT2D eigenvalue weighted by Gasteiger charge is 2.25. The van der Waals surface area contributed by atoms with Gasteiger partial charge in [-0.15, -0.1) is 11.3 Å². The van der Waals surface area contributed by atoms with E-state index >= 15 is 0 Å². The summed E-state index contributed by atoms with van der Waals surface area (Å²) in [4.78, 5) is 9.16. The molecule has 0 bridgehead atoms. The smallest absolute Gasteiger partial charge is 0.194 e. The number of fused-ring (bicyclic) bond motifs is 1. The van der Waals surface area contributed by atoms with Gasteiger partial charge in [-0.25, -0.2) is 4.98 Å². The van der Waals surface area contributed by atoms with Crippen LogP contribution >= 0.6 is 11.3 Å². The number of morpholine rings is 1. The van der Waals surface area contributed by atoms with Crippen LogP contribution in [0.2, 0.25) is 0 Å². The van der Waals surface area contributed by atoms with Gasteiger partial charge in [-0.05, 0) is 20.8 Å². The summed E-state index contributed by atoms with van der Waals surface area (Å²) in [5.41, 5.74) is 1.47. The quantitative estimate of drug-likeness (QED) is 0.828. The molecule has 0 amide bonds. The van der Waals surface area contributed by atoms with Crippen molar-refractivity contribution < 1.29 is 9.84 Å². The number of nitrogens with one attached hydrogen (secondary N) is 1. The molecule has 0 radical (unpaired) electrons. The van der Waals surface area contributed by atoms with Gasteiger partial charge in [-0.1, -0.05) is 0 Å². The van der Waals surface area contributed by atoms with E-state index in [9.17, 15) is 5.11 Å². The number of aliphatic hydroxyl groups is 1. The van der Waals surface area contributed by atoms with Crippen LogP contribution in [0.1, 0.15) is 23.2 Å². The number of aryl methyl sites for hydroxylation is 2. The summed E-state index contributed by atoms with van der Waals surface area (Å²) >= 11 is 1.71. The minimum absolute atomic E-state index is 0.556. The molecule has 1 fully saturated rings. The average Bonchev–Trinajstić information content (AvgIpc) is 2.96. The van der Waals surface area contributed by atoms with Gasteiger partial charge < -0.3 is 15.2 Å². The number of β-amino-alcohol motifs (C(OH)–C–C–N with tert-alkyl or cyclic N) is 1. The highest BCUT2D eigenvalue weighted by atomic mass is 32.1. The first-order chi connectivity index (χ1) is 10.9. The van der Waals surface area contributed by atoms with E-state index in [1.54, 1.807) is 11.3 Å². The molecule has 0 spiro atoms. The van der Waals surface area contributed by atoms with Gasteiger partial charge in [0.25, 0.3) is 0 Å². The largest absolute Gasteiger partial charge is 0.388 e.